The molecule has 136 valence electrons. The predicted octanol–water partition coefficient (Wildman–Crippen LogP) is 2.58. The van der Waals surface area contributed by atoms with Gasteiger partial charge in [-0.3, -0.25) is 4.90 Å². The molecular formula is C20H29N3O2. The normalized spacial score (nSPS) is 29.7. The third kappa shape index (κ3) is 4.15. The molecule has 3 atom stereocenters. The molecule has 25 heavy (non-hydrogen) atoms. The van der Waals surface area contributed by atoms with Crippen LogP contribution < -0.4 is 10.6 Å². The van der Waals surface area contributed by atoms with Crippen molar-refractivity contribution in [1.29, 1.82) is 0 Å². The van der Waals surface area contributed by atoms with Gasteiger partial charge in [-0.05, 0) is 44.6 Å². The molecule has 3 aliphatic heterocycles. The summed E-state index contributed by atoms with van der Waals surface area (Å²) in [4.78, 5) is 14.7. The Kier molecular flexibility index (Phi) is 4.95. The monoisotopic (exact) mass is 343 g/mol. The van der Waals surface area contributed by atoms with E-state index in [0.717, 1.165) is 51.7 Å². The number of piperidine rings is 1. The van der Waals surface area contributed by atoms with Gasteiger partial charge in [0.05, 0.1) is 18.2 Å². The Morgan fingerprint density at radius 2 is 2.04 bits per heavy atom. The zero-order valence-electron chi connectivity index (χ0n) is 15.0. The number of fused-ring (bicyclic) bond motifs is 2. The van der Waals surface area contributed by atoms with Gasteiger partial charge in [-0.25, -0.2) is 4.79 Å². The maximum Gasteiger partial charge on any atom is 0.315 e. The molecule has 0 spiro atoms. The topological polar surface area (TPSA) is 53.6 Å². The molecule has 0 unspecified atom stereocenters. The Morgan fingerprint density at radius 3 is 2.72 bits per heavy atom. The van der Waals surface area contributed by atoms with Gasteiger partial charge in [-0.1, -0.05) is 29.8 Å². The first kappa shape index (κ1) is 16.9. The second-order valence-electron chi connectivity index (χ2n) is 7.87. The lowest BCUT2D eigenvalue weighted by Gasteiger charge is -2.33. The number of nitrogens with zero attached hydrogens (tertiary/aromatic N) is 1. The summed E-state index contributed by atoms with van der Waals surface area (Å²) in [5, 5.41) is 6.29. The first-order valence-corrected chi connectivity index (χ1v) is 9.66. The van der Waals surface area contributed by atoms with E-state index in [9.17, 15) is 4.79 Å². The van der Waals surface area contributed by atoms with E-state index in [1.54, 1.807) is 0 Å². The fraction of sp³-hybridized carbons (Fsp3) is 0.650. The van der Waals surface area contributed by atoms with Gasteiger partial charge in [0.1, 0.15) is 0 Å². The molecular weight excluding hydrogens is 314 g/mol. The van der Waals surface area contributed by atoms with Crippen molar-refractivity contribution in [3.63, 3.8) is 0 Å². The molecule has 2 amide bonds. The molecule has 3 aliphatic rings. The Hall–Kier alpha value is -1.59. The lowest BCUT2D eigenvalue weighted by Crippen LogP contribution is -2.51. The molecule has 0 aromatic heterocycles. The third-order valence-electron chi connectivity index (χ3n) is 5.83. The molecule has 2 bridgehead atoms. The van der Waals surface area contributed by atoms with Crippen molar-refractivity contribution in [2.24, 2.45) is 0 Å². The lowest BCUT2D eigenvalue weighted by atomic mass is 9.96. The van der Waals surface area contributed by atoms with Crippen LogP contribution in [0.5, 0.6) is 0 Å². The van der Waals surface area contributed by atoms with Crippen LogP contribution in [0.3, 0.4) is 0 Å². The lowest BCUT2D eigenvalue weighted by molar-refractivity contribution is 0.0979. The Morgan fingerprint density at radius 1 is 1.20 bits per heavy atom. The molecule has 4 rings (SSSR count). The van der Waals surface area contributed by atoms with Gasteiger partial charge in [-0.15, -0.1) is 0 Å². The zero-order valence-corrected chi connectivity index (χ0v) is 15.0. The van der Waals surface area contributed by atoms with Crippen LogP contribution in [0, 0.1) is 6.92 Å². The van der Waals surface area contributed by atoms with Crippen molar-refractivity contribution in [3.8, 4) is 0 Å². The van der Waals surface area contributed by atoms with Gasteiger partial charge < -0.3 is 15.4 Å². The fourth-order valence-electron chi connectivity index (χ4n) is 4.49. The van der Waals surface area contributed by atoms with E-state index in [1.165, 1.54) is 11.1 Å². The predicted molar refractivity (Wildman–Crippen MR) is 97.4 cm³/mol. The minimum atomic E-state index is -0.0155. The van der Waals surface area contributed by atoms with Crippen molar-refractivity contribution in [3.05, 3.63) is 35.4 Å². The third-order valence-corrected chi connectivity index (χ3v) is 5.83. The maximum atomic E-state index is 12.3. The van der Waals surface area contributed by atoms with E-state index >= 15 is 0 Å². The summed E-state index contributed by atoms with van der Waals surface area (Å²) in [6.07, 6.45) is 5.88. The van der Waals surface area contributed by atoms with Crippen molar-refractivity contribution >= 4 is 6.03 Å². The smallest absolute Gasteiger partial charge is 0.315 e. The highest BCUT2D eigenvalue weighted by atomic mass is 16.5. The van der Waals surface area contributed by atoms with Crippen LogP contribution in [0.15, 0.2) is 24.3 Å². The molecule has 0 radical (unpaired) electrons. The van der Waals surface area contributed by atoms with E-state index in [-0.39, 0.29) is 24.2 Å². The summed E-state index contributed by atoms with van der Waals surface area (Å²) in [6.45, 7) is 5.22. The standard InChI is InChI=1S/C20H29N3O2/c1-14-3-2-4-15(11-14)13-23-9-7-16(8-10-23)21-20(24)22-18-12-17-5-6-19(18)25-17/h2-4,11,16-19H,5-10,12-13H2,1H3,(H2,21,22,24)/t17-,18-,19-/m1/s1. The Balaban J connectivity index is 1.19. The van der Waals surface area contributed by atoms with Gasteiger partial charge in [0.25, 0.3) is 0 Å². The average Bonchev–Trinajstić information content (AvgIpc) is 3.19. The summed E-state index contributed by atoms with van der Waals surface area (Å²) in [5.41, 5.74) is 2.69. The minimum Gasteiger partial charge on any atom is -0.373 e. The van der Waals surface area contributed by atoms with Crippen LogP contribution >= 0.6 is 0 Å². The molecule has 5 nitrogen and oxygen atoms in total. The molecule has 0 aliphatic carbocycles. The van der Waals surface area contributed by atoms with Crippen LogP contribution in [0.4, 0.5) is 4.79 Å². The molecule has 3 saturated heterocycles. The van der Waals surface area contributed by atoms with Crippen LogP contribution in [0.25, 0.3) is 0 Å². The van der Waals surface area contributed by atoms with Gasteiger partial charge >= 0.3 is 6.03 Å². The largest absolute Gasteiger partial charge is 0.373 e. The van der Waals surface area contributed by atoms with E-state index < -0.39 is 0 Å². The number of ether oxygens (including phenoxy) is 1. The number of likely N-dealkylation sites (tertiary alicyclic amines) is 1. The van der Waals surface area contributed by atoms with Crippen molar-refractivity contribution in [1.82, 2.24) is 15.5 Å². The minimum absolute atomic E-state index is 0.0155. The molecule has 5 heteroatoms. The number of benzene rings is 1. The number of urea groups is 1. The quantitative estimate of drug-likeness (QED) is 0.883. The summed E-state index contributed by atoms with van der Waals surface area (Å²) >= 11 is 0. The summed E-state index contributed by atoms with van der Waals surface area (Å²) in [6, 6.07) is 9.20. The molecule has 2 N–H and O–H groups in total. The van der Waals surface area contributed by atoms with E-state index in [2.05, 4.69) is 46.7 Å². The highest BCUT2D eigenvalue weighted by molar-refractivity contribution is 5.74. The number of amides is 2. The van der Waals surface area contributed by atoms with Gasteiger partial charge in [0.15, 0.2) is 0 Å². The van der Waals surface area contributed by atoms with E-state index in [4.69, 9.17) is 4.74 Å². The number of carbonyl (C=O) groups excluding carboxylic acids is 1. The number of nitrogens with one attached hydrogen (secondary N) is 2. The molecule has 3 heterocycles. The number of hydrogen-bond donors (Lipinski definition) is 2. The highest BCUT2D eigenvalue weighted by Gasteiger charge is 2.41. The van der Waals surface area contributed by atoms with Crippen molar-refractivity contribution in [2.45, 2.75) is 69.9 Å². The zero-order chi connectivity index (χ0) is 17.2. The van der Waals surface area contributed by atoms with Gasteiger partial charge in [0.2, 0.25) is 0 Å². The number of hydrogen-bond acceptors (Lipinski definition) is 3. The number of aryl methyl sites for hydroxylation is 1. The number of rotatable bonds is 4. The second-order valence-corrected chi connectivity index (χ2v) is 7.87. The fourth-order valence-corrected chi connectivity index (χ4v) is 4.49. The van der Waals surface area contributed by atoms with Crippen LogP contribution in [-0.2, 0) is 11.3 Å². The van der Waals surface area contributed by atoms with Crippen LogP contribution in [-0.4, -0.2) is 48.3 Å². The average molecular weight is 343 g/mol. The first-order valence-electron chi connectivity index (χ1n) is 9.66. The summed E-state index contributed by atoms with van der Waals surface area (Å²) in [5.74, 6) is 0. The highest BCUT2D eigenvalue weighted by Crippen LogP contribution is 2.34. The van der Waals surface area contributed by atoms with Crippen molar-refractivity contribution in [2.75, 3.05) is 13.1 Å². The van der Waals surface area contributed by atoms with Gasteiger partial charge in [-0.2, -0.15) is 0 Å². The SMILES string of the molecule is Cc1cccc(CN2CCC(NC(=O)N[C@@H]3C[C@H]4CC[C@H]3O4)CC2)c1. The van der Waals surface area contributed by atoms with E-state index in [0.29, 0.717) is 6.10 Å². The number of carbonyl (C=O) groups is 1. The van der Waals surface area contributed by atoms with E-state index in [1.807, 2.05) is 0 Å². The second kappa shape index (κ2) is 7.34. The van der Waals surface area contributed by atoms with Gasteiger partial charge in [0, 0.05) is 25.7 Å². The first-order chi connectivity index (χ1) is 12.2. The van der Waals surface area contributed by atoms with Crippen LogP contribution in [0.1, 0.15) is 43.2 Å². The Labute approximate surface area is 150 Å². The Bertz CT molecular complexity index is 613. The summed E-state index contributed by atoms with van der Waals surface area (Å²) in [7, 11) is 0. The molecule has 1 aromatic rings. The molecule has 0 saturated carbocycles. The van der Waals surface area contributed by atoms with Crippen molar-refractivity contribution < 1.29 is 9.53 Å². The maximum absolute atomic E-state index is 12.3. The molecule has 1 aromatic carbocycles. The van der Waals surface area contributed by atoms with Crippen LogP contribution in [0.2, 0.25) is 0 Å². The summed E-state index contributed by atoms with van der Waals surface area (Å²) < 4.78 is 5.81. The molecule has 3 fully saturated rings.